The number of rotatable bonds is 4. The molecule has 7 heteroatoms. The van der Waals surface area contributed by atoms with Crippen LogP contribution in [0.5, 0.6) is 6.01 Å². The molecule has 7 nitrogen and oxygen atoms in total. The molecule has 0 amide bonds. The van der Waals surface area contributed by atoms with E-state index in [1.54, 1.807) is 18.5 Å². The summed E-state index contributed by atoms with van der Waals surface area (Å²) < 4.78 is 7.02. The summed E-state index contributed by atoms with van der Waals surface area (Å²) in [7, 11) is 0. The van der Waals surface area contributed by atoms with Crippen LogP contribution in [-0.4, -0.2) is 24.7 Å². The summed E-state index contributed by atoms with van der Waals surface area (Å²) in [4.78, 5) is 12.1. The number of anilines is 1. The van der Waals surface area contributed by atoms with E-state index in [-0.39, 0.29) is 12.0 Å². The highest BCUT2D eigenvalue weighted by molar-refractivity contribution is 5.24. The molecule has 0 saturated carbocycles. The molecule has 0 fully saturated rings. The predicted octanol–water partition coefficient (Wildman–Crippen LogP) is 1.22. The highest BCUT2D eigenvalue weighted by atomic mass is 16.5. The zero-order chi connectivity index (χ0) is 13.8. The molecule has 2 heterocycles. The molecule has 100 valence electrons. The molecule has 2 N–H and O–H groups in total. The maximum Gasteiger partial charge on any atom is 0.323 e. The van der Waals surface area contributed by atoms with Crippen LogP contribution in [0.15, 0.2) is 48.8 Å². The number of ether oxygens (including phenoxy) is 1. The van der Waals surface area contributed by atoms with Crippen molar-refractivity contribution < 1.29 is 4.74 Å². The Morgan fingerprint density at radius 3 is 2.65 bits per heavy atom. The van der Waals surface area contributed by atoms with Crippen molar-refractivity contribution in [2.75, 3.05) is 5.73 Å². The molecule has 0 atom stereocenters. The maximum atomic E-state index is 5.65. The van der Waals surface area contributed by atoms with Gasteiger partial charge in [0.1, 0.15) is 6.61 Å². The first kappa shape index (κ1) is 12.1. The zero-order valence-corrected chi connectivity index (χ0v) is 10.5. The molecular formula is C13H12N6O. The Labute approximate surface area is 115 Å². The first-order valence-electron chi connectivity index (χ1n) is 5.99. The van der Waals surface area contributed by atoms with Crippen LogP contribution >= 0.6 is 0 Å². The van der Waals surface area contributed by atoms with Crippen molar-refractivity contribution in [1.82, 2.24) is 24.7 Å². The molecule has 1 aromatic carbocycles. The number of hydrogen-bond donors (Lipinski definition) is 1. The molecule has 0 aliphatic heterocycles. The van der Waals surface area contributed by atoms with Gasteiger partial charge in [0.05, 0.1) is 0 Å². The minimum absolute atomic E-state index is 0.0913. The minimum atomic E-state index is 0.0913. The van der Waals surface area contributed by atoms with Gasteiger partial charge >= 0.3 is 6.01 Å². The molecule has 3 rings (SSSR count). The Balaban J connectivity index is 1.80. The molecule has 0 spiro atoms. The topological polar surface area (TPSA) is 91.7 Å². The fraction of sp³-hybridized carbons (Fsp3) is 0.0769. The first-order chi connectivity index (χ1) is 9.81. The summed E-state index contributed by atoms with van der Waals surface area (Å²) in [6.07, 6.45) is 3.35. The smallest absolute Gasteiger partial charge is 0.323 e. The third-order valence-electron chi connectivity index (χ3n) is 2.54. The van der Waals surface area contributed by atoms with Gasteiger partial charge in [0.2, 0.25) is 5.95 Å². The monoisotopic (exact) mass is 268 g/mol. The molecule has 0 saturated heterocycles. The van der Waals surface area contributed by atoms with E-state index in [1.165, 1.54) is 4.68 Å². The quantitative estimate of drug-likeness (QED) is 0.764. The van der Waals surface area contributed by atoms with Gasteiger partial charge < -0.3 is 10.5 Å². The average molecular weight is 268 g/mol. The molecule has 0 bridgehead atoms. The summed E-state index contributed by atoms with van der Waals surface area (Å²) >= 11 is 0. The minimum Gasteiger partial charge on any atom is -0.458 e. The van der Waals surface area contributed by atoms with E-state index in [0.29, 0.717) is 12.6 Å². The van der Waals surface area contributed by atoms with Crippen molar-refractivity contribution in [2.45, 2.75) is 6.61 Å². The SMILES string of the molecule is Nc1nc(OCc2ccccc2)nc(-n2cccn2)n1. The Morgan fingerprint density at radius 1 is 1.05 bits per heavy atom. The van der Waals surface area contributed by atoms with Crippen LogP contribution in [0, 0.1) is 0 Å². The van der Waals surface area contributed by atoms with Crippen LogP contribution in [0.3, 0.4) is 0 Å². The summed E-state index contributed by atoms with van der Waals surface area (Å²) in [5, 5.41) is 4.04. The van der Waals surface area contributed by atoms with Crippen LogP contribution in [0.4, 0.5) is 5.95 Å². The van der Waals surface area contributed by atoms with E-state index in [2.05, 4.69) is 20.1 Å². The Morgan fingerprint density at radius 2 is 1.90 bits per heavy atom. The van der Waals surface area contributed by atoms with Crippen LogP contribution in [-0.2, 0) is 6.61 Å². The average Bonchev–Trinajstić information content (AvgIpc) is 3.00. The number of aromatic nitrogens is 5. The van der Waals surface area contributed by atoms with Crippen LogP contribution in [0.25, 0.3) is 5.95 Å². The fourth-order valence-corrected chi connectivity index (χ4v) is 1.64. The molecule has 0 unspecified atom stereocenters. The molecule has 2 aromatic heterocycles. The molecule has 3 aromatic rings. The second-order valence-corrected chi connectivity index (χ2v) is 4.00. The lowest BCUT2D eigenvalue weighted by Gasteiger charge is -2.06. The van der Waals surface area contributed by atoms with Crippen LogP contribution < -0.4 is 10.5 Å². The van der Waals surface area contributed by atoms with Crippen molar-refractivity contribution >= 4 is 5.95 Å². The highest BCUT2D eigenvalue weighted by Crippen LogP contribution is 2.10. The van der Waals surface area contributed by atoms with Gasteiger partial charge in [-0.15, -0.1) is 0 Å². The lowest BCUT2D eigenvalue weighted by Crippen LogP contribution is -2.09. The number of hydrogen-bond acceptors (Lipinski definition) is 6. The standard InChI is InChI=1S/C13H12N6O/c14-11-16-12(19-8-4-7-15-19)18-13(17-11)20-9-10-5-2-1-3-6-10/h1-8H,9H2,(H2,14,16,17,18). The number of nitrogen functional groups attached to an aromatic ring is 1. The summed E-state index contributed by atoms with van der Waals surface area (Å²) in [6, 6.07) is 11.7. The van der Waals surface area contributed by atoms with Gasteiger partial charge in [0.15, 0.2) is 0 Å². The van der Waals surface area contributed by atoms with Gasteiger partial charge in [-0.3, -0.25) is 0 Å². The summed E-state index contributed by atoms with van der Waals surface area (Å²) in [5.41, 5.74) is 6.67. The lowest BCUT2D eigenvalue weighted by atomic mass is 10.2. The van der Waals surface area contributed by atoms with Crippen molar-refractivity contribution in [2.24, 2.45) is 0 Å². The van der Waals surface area contributed by atoms with Crippen molar-refractivity contribution in [1.29, 1.82) is 0 Å². The van der Waals surface area contributed by atoms with Crippen LogP contribution in [0.2, 0.25) is 0 Å². The van der Waals surface area contributed by atoms with Crippen LogP contribution in [0.1, 0.15) is 5.56 Å². The molecule has 0 radical (unpaired) electrons. The third-order valence-corrected chi connectivity index (χ3v) is 2.54. The normalized spacial score (nSPS) is 10.4. The van der Waals surface area contributed by atoms with Gasteiger partial charge in [0, 0.05) is 12.4 Å². The zero-order valence-electron chi connectivity index (χ0n) is 10.5. The number of benzene rings is 1. The van der Waals surface area contributed by atoms with Crippen molar-refractivity contribution in [3.63, 3.8) is 0 Å². The Hall–Kier alpha value is -2.96. The largest absolute Gasteiger partial charge is 0.458 e. The van der Waals surface area contributed by atoms with E-state index >= 15 is 0 Å². The third kappa shape index (κ3) is 2.72. The highest BCUT2D eigenvalue weighted by Gasteiger charge is 2.07. The summed E-state index contributed by atoms with van der Waals surface area (Å²) in [6.45, 7) is 0.364. The second-order valence-electron chi connectivity index (χ2n) is 4.00. The van der Waals surface area contributed by atoms with Crippen molar-refractivity contribution in [3.8, 4) is 12.0 Å². The van der Waals surface area contributed by atoms with E-state index in [1.807, 2.05) is 30.3 Å². The van der Waals surface area contributed by atoms with Gasteiger partial charge in [-0.25, -0.2) is 4.68 Å². The van der Waals surface area contributed by atoms with E-state index in [9.17, 15) is 0 Å². The van der Waals surface area contributed by atoms with Gasteiger partial charge in [-0.2, -0.15) is 20.1 Å². The molecular weight excluding hydrogens is 256 g/mol. The second kappa shape index (κ2) is 5.35. The maximum absolute atomic E-state index is 5.65. The van der Waals surface area contributed by atoms with E-state index in [4.69, 9.17) is 10.5 Å². The summed E-state index contributed by atoms with van der Waals surface area (Å²) in [5.74, 6) is 0.416. The van der Waals surface area contributed by atoms with E-state index < -0.39 is 0 Å². The van der Waals surface area contributed by atoms with E-state index in [0.717, 1.165) is 5.56 Å². The lowest BCUT2D eigenvalue weighted by molar-refractivity contribution is 0.279. The number of nitrogens with zero attached hydrogens (tertiary/aromatic N) is 5. The molecule has 0 aliphatic rings. The van der Waals surface area contributed by atoms with Gasteiger partial charge in [0.25, 0.3) is 5.95 Å². The first-order valence-corrected chi connectivity index (χ1v) is 5.99. The van der Waals surface area contributed by atoms with Gasteiger partial charge in [-0.1, -0.05) is 30.3 Å². The Kier molecular flexibility index (Phi) is 3.24. The van der Waals surface area contributed by atoms with Gasteiger partial charge in [-0.05, 0) is 11.6 Å². The predicted molar refractivity (Wildman–Crippen MR) is 72.1 cm³/mol. The fourth-order valence-electron chi connectivity index (χ4n) is 1.64. The molecule has 0 aliphatic carbocycles. The van der Waals surface area contributed by atoms with Crippen molar-refractivity contribution in [3.05, 3.63) is 54.4 Å². The molecule has 20 heavy (non-hydrogen) atoms. The Bertz CT molecular complexity index is 683. The number of nitrogens with two attached hydrogens (primary N) is 1.